The summed E-state index contributed by atoms with van der Waals surface area (Å²) < 4.78 is 16.5. The highest BCUT2D eigenvalue weighted by Crippen LogP contribution is 2.74. The van der Waals surface area contributed by atoms with Crippen LogP contribution in [0.2, 0.25) is 0 Å². The van der Waals surface area contributed by atoms with Gasteiger partial charge in [-0.2, -0.15) is 0 Å². The third-order valence-electron chi connectivity index (χ3n) is 10.9. The van der Waals surface area contributed by atoms with Crippen molar-refractivity contribution in [1.29, 1.82) is 0 Å². The van der Waals surface area contributed by atoms with Gasteiger partial charge in [0, 0.05) is 0 Å². The van der Waals surface area contributed by atoms with Crippen LogP contribution >= 0.6 is 0 Å². The largest absolute Gasteiger partial charge is 0.497 e. The molecule has 0 unspecified atom stereocenters. The average Bonchev–Trinajstić information content (AvgIpc) is 3.70. The summed E-state index contributed by atoms with van der Waals surface area (Å²) in [4.78, 5) is 61.0. The number of amides is 2. The molecule has 1 saturated heterocycles. The first kappa shape index (κ1) is 33.8. The van der Waals surface area contributed by atoms with E-state index in [2.05, 4.69) is 0 Å². The summed E-state index contributed by atoms with van der Waals surface area (Å²) >= 11 is 0. The lowest BCUT2D eigenvalue weighted by Crippen LogP contribution is -2.45. The number of allylic oxidation sites excluding steroid dienone is 2. The third kappa shape index (κ3) is 4.74. The standard InChI is InChI=1S/C45H37NO7/c1-27(2)53-42(49)30-12-11-17-33(26-30)46-40(47)38-39(41(46)48)45(32-15-9-6-10-16-32)37(29-20-24-35(52-4)25-21-29)36(28-18-22-34(51-3)23-19-28)44(38,43(45)50)31-13-7-5-8-14-31/h5-27,38-39H,1-4H3/t38-,39+,44-,45-/m1/s1. The fourth-order valence-corrected chi connectivity index (χ4v) is 8.95. The molecular weight excluding hydrogens is 666 g/mol. The summed E-state index contributed by atoms with van der Waals surface area (Å²) in [6, 6.07) is 40.0. The average molecular weight is 704 g/mol. The molecule has 8 rings (SSSR count). The van der Waals surface area contributed by atoms with Crippen LogP contribution in [0.15, 0.2) is 133 Å². The Morgan fingerprint density at radius 2 is 1.06 bits per heavy atom. The molecule has 53 heavy (non-hydrogen) atoms. The van der Waals surface area contributed by atoms with E-state index in [0.29, 0.717) is 33.8 Å². The number of esters is 1. The second kappa shape index (κ2) is 12.7. The molecule has 5 aromatic rings. The number of benzene rings is 5. The van der Waals surface area contributed by atoms with Crippen LogP contribution in [0.25, 0.3) is 11.1 Å². The number of ether oxygens (including phenoxy) is 3. The van der Waals surface area contributed by atoms with Gasteiger partial charge in [-0.15, -0.1) is 0 Å². The molecule has 1 saturated carbocycles. The van der Waals surface area contributed by atoms with Crippen molar-refractivity contribution < 1.29 is 33.4 Å². The van der Waals surface area contributed by atoms with Gasteiger partial charge in [-0.1, -0.05) is 91.0 Å². The number of nitrogens with zero attached hydrogens (tertiary/aromatic N) is 1. The molecule has 2 amide bonds. The molecule has 4 atom stereocenters. The summed E-state index contributed by atoms with van der Waals surface area (Å²) in [5, 5.41) is 0. The number of carbonyl (C=O) groups excluding carboxylic acids is 4. The Morgan fingerprint density at radius 1 is 0.604 bits per heavy atom. The van der Waals surface area contributed by atoms with Crippen LogP contribution in [0, 0.1) is 11.8 Å². The highest BCUT2D eigenvalue weighted by molar-refractivity contribution is 6.39. The number of methoxy groups -OCH3 is 2. The topological polar surface area (TPSA) is 99.2 Å². The van der Waals surface area contributed by atoms with Crippen molar-refractivity contribution in [3.05, 3.63) is 161 Å². The van der Waals surface area contributed by atoms with Crippen molar-refractivity contribution in [2.24, 2.45) is 11.8 Å². The molecular formula is C45H37NO7. The fraction of sp³-hybridized carbons (Fsp3) is 0.200. The number of fused-ring (bicyclic) bond motifs is 5. The van der Waals surface area contributed by atoms with Crippen LogP contribution in [-0.2, 0) is 30.0 Å². The van der Waals surface area contributed by atoms with Crippen molar-refractivity contribution in [3.8, 4) is 11.5 Å². The molecule has 2 fully saturated rings. The maximum absolute atomic E-state index is 16.1. The van der Waals surface area contributed by atoms with Gasteiger partial charge in [0.1, 0.15) is 11.5 Å². The summed E-state index contributed by atoms with van der Waals surface area (Å²) in [7, 11) is 3.18. The number of hydrogen-bond acceptors (Lipinski definition) is 7. The smallest absolute Gasteiger partial charge is 0.338 e. The molecule has 0 aromatic heterocycles. The van der Waals surface area contributed by atoms with Crippen molar-refractivity contribution in [2.45, 2.75) is 30.8 Å². The van der Waals surface area contributed by atoms with E-state index in [1.807, 2.05) is 109 Å². The van der Waals surface area contributed by atoms with E-state index in [-0.39, 0.29) is 23.1 Å². The Morgan fingerprint density at radius 3 is 1.47 bits per heavy atom. The maximum Gasteiger partial charge on any atom is 0.338 e. The molecule has 2 aliphatic carbocycles. The van der Waals surface area contributed by atoms with E-state index in [1.54, 1.807) is 46.3 Å². The summed E-state index contributed by atoms with van der Waals surface area (Å²) in [5.41, 5.74) is 1.27. The normalized spacial score (nSPS) is 23.1. The number of imide groups is 1. The Balaban J connectivity index is 1.47. The summed E-state index contributed by atoms with van der Waals surface area (Å²) in [6.45, 7) is 3.51. The molecule has 8 nitrogen and oxygen atoms in total. The van der Waals surface area contributed by atoms with Gasteiger partial charge >= 0.3 is 5.97 Å². The van der Waals surface area contributed by atoms with Crippen LogP contribution in [0.4, 0.5) is 5.69 Å². The molecule has 8 heteroatoms. The van der Waals surface area contributed by atoms with Gasteiger partial charge in [0.15, 0.2) is 5.78 Å². The lowest BCUT2D eigenvalue weighted by Gasteiger charge is -2.39. The zero-order chi connectivity index (χ0) is 37.1. The SMILES string of the molecule is COc1ccc(C2=C(c3ccc(OC)cc3)[C@@]3(c4ccccc4)C(=O)[C@@]2(c2ccccc2)[C@@H]2C(=O)N(c4cccc(C(=O)OC(C)C)c4)C(=O)[C@@H]23)cc1. The van der Waals surface area contributed by atoms with Crippen LogP contribution in [0.1, 0.15) is 46.5 Å². The van der Waals surface area contributed by atoms with Crippen molar-refractivity contribution in [3.63, 3.8) is 0 Å². The highest BCUT2D eigenvalue weighted by atomic mass is 16.5. The molecule has 0 N–H and O–H groups in total. The predicted molar refractivity (Wildman–Crippen MR) is 201 cm³/mol. The molecule has 1 heterocycles. The minimum Gasteiger partial charge on any atom is -0.497 e. The van der Waals surface area contributed by atoms with Crippen molar-refractivity contribution in [1.82, 2.24) is 0 Å². The minimum atomic E-state index is -1.58. The zero-order valence-electron chi connectivity index (χ0n) is 29.7. The minimum absolute atomic E-state index is 0.208. The second-order valence-corrected chi connectivity index (χ2v) is 13.9. The molecule has 3 aliphatic rings. The van der Waals surface area contributed by atoms with Crippen molar-refractivity contribution in [2.75, 3.05) is 19.1 Å². The van der Waals surface area contributed by atoms with Gasteiger partial charge in [0.05, 0.1) is 54.2 Å². The van der Waals surface area contributed by atoms with Crippen LogP contribution < -0.4 is 14.4 Å². The first-order valence-electron chi connectivity index (χ1n) is 17.6. The van der Waals surface area contributed by atoms with Gasteiger partial charge in [-0.05, 0) is 89.7 Å². The van der Waals surface area contributed by atoms with Gasteiger partial charge in [-0.25, -0.2) is 9.69 Å². The lowest BCUT2D eigenvalue weighted by atomic mass is 9.59. The van der Waals surface area contributed by atoms with Crippen LogP contribution in [0.5, 0.6) is 11.5 Å². The number of anilines is 1. The number of rotatable bonds is 9. The van der Waals surface area contributed by atoms with E-state index in [1.165, 1.54) is 11.0 Å². The summed E-state index contributed by atoms with van der Waals surface area (Å²) in [6.07, 6.45) is -0.363. The first-order chi connectivity index (χ1) is 25.7. The Kier molecular flexibility index (Phi) is 8.13. The van der Waals surface area contributed by atoms with E-state index >= 15 is 14.4 Å². The van der Waals surface area contributed by atoms with Crippen LogP contribution in [-0.4, -0.2) is 43.9 Å². The maximum atomic E-state index is 16.1. The Hall–Kier alpha value is -6.28. The fourth-order valence-electron chi connectivity index (χ4n) is 8.95. The van der Waals surface area contributed by atoms with Gasteiger partial charge < -0.3 is 14.2 Å². The third-order valence-corrected chi connectivity index (χ3v) is 10.9. The Bertz CT molecular complexity index is 2170. The highest BCUT2D eigenvalue weighted by Gasteiger charge is 2.82. The molecule has 264 valence electrons. The number of ketones is 1. The zero-order valence-corrected chi connectivity index (χ0v) is 29.7. The van der Waals surface area contributed by atoms with E-state index in [4.69, 9.17) is 14.2 Å². The first-order valence-corrected chi connectivity index (χ1v) is 17.6. The molecule has 2 bridgehead atoms. The number of carbonyl (C=O) groups is 4. The molecule has 0 spiro atoms. The number of Topliss-reactive ketones (excluding diaryl/α,β-unsaturated/α-hetero) is 1. The van der Waals surface area contributed by atoms with Gasteiger partial charge in [0.2, 0.25) is 11.8 Å². The monoisotopic (exact) mass is 703 g/mol. The van der Waals surface area contributed by atoms with Crippen LogP contribution in [0.3, 0.4) is 0 Å². The number of hydrogen-bond donors (Lipinski definition) is 0. The predicted octanol–water partition coefficient (Wildman–Crippen LogP) is 7.46. The summed E-state index contributed by atoms with van der Waals surface area (Å²) in [5.74, 6) is -2.78. The van der Waals surface area contributed by atoms with Gasteiger partial charge in [-0.3, -0.25) is 14.4 Å². The van der Waals surface area contributed by atoms with E-state index in [9.17, 15) is 4.79 Å². The van der Waals surface area contributed by atoms with Crippen molar-refractivity contribution >= 4 is 40.4 Å². The molecule has 1 aliphatic heterocycles. The van der Waals surface area contributed by atoms with E-state index < -0.39 is 40.4 Å². The molecule has 5 aromatic carbocycles. The van der Waals surface area contributed by atoms with Gasteiger partial charge in [0.25, 0.3) is 0 Å². The Labute approximate surface area is 307 Å². The molecule has 0 radical (unpaired) electrons. The van der Waals surface area contributed by atoms with E-state index in [0.717, 1.165) is 11.1 Å². The second-order valence-electron chi connectivity index (χ2n) is 13.9. The quantitative estimate of drug-likeness (QED) is 0.116. The lowest BCUT2D eigenvalue weighted by molar-refractivity contribution is -0.130.